The fraction of sp³-hybridized carbons (Fsp3) is 0.458. The summed E-state index contributed by atoms with van der Waals surface area (Å²) in [6.07, 6.45) is 4.80. The minimum absolute atomic E-state index is 0.196. The third kappa shape index (κ3) is 5.26. The lowest BCUT2D eigenvalue weighted by Gasteiger charge is -2.48. The highest BCUT2D eigenvalue weighted by atomic mass is 35.5. The second-order valence-corrected chi connectivity index (χ2v) is 9.65. The van der Waals surface area contributed by atoms with E-state index < -0.39 is 18.1 Å². The number of hydrogen-bond acceptors (Lipinski definition) is 5. The number of carbonyl (C=O) groups is 2. The van der Waals surface area contributed by atoms with Crippen molar-refractivity contribution < 1.29 is 19.8 Å². The molecule has 2 unspecified atom stereocenters. The van der Waals surface area contributed by atoms with Gasteiger partial charge in [0.05, 0.1) is 12.3 Å². The fourth-order valence-electron chi connectivity index (χ4n) is 4.60. The van der Waals surface area contributed by atoms with E-state index >= 15 is 0 Å². The lowest BCUT2D eigenvalue weighted by Crippen LogP contribution is -2.62. The maximum atomic E-state index is 12.8. The molecule has 0 bridgehead atoms. The van der Waals surface area contributed by atoms with E-state index in [0.717, 1.165) is 50.2 Å². The van der Waals surface area contributed by atoms with Gasteiger partial charge in [0.15, 0.2) is 5.72 Å². The summed E-state index contributed by atoms with van der Waals surface area (Å²) < 4.78 is 0. The monoisotopic (exact) mass is 491 g/mol. The molecular formula is C24H27Cl2N3O4. The highest BCUT2D eigenvalue weighted by Gasteiger charge is 2.50. The summed E-state index contributed by atoms with van der Waals surface area (Å²) in [6.45, 7) is 1.24. The van der Waals surface area contributed by atoms with E-state index in [-0.39, 0.29) is 34.0 Å². The van der Waals surface area contributed by atoms with Gasteiger partial charge in [-0.05, 0) is 61.9 Å². The highest BCUT2D eigenvalue weighted by Crippen LogP contribution is 2.39. The summed E-state index contributed by atoms with van der Waals surface area (Å²) in [5.41, 5.74) is 0.508. The van der Waals surface area contributed by atoms with Gasteiger partial charge in [-0.15, -0.1) is 0 Å². The summed E-state index contributed by atoms with van der Waals surface area (Å²) in [7, 11) is 0. The van der Waals surface area contributed by atoms with Crippen LogP contribution >= 0.6 is 23.2 Å². The van der Waals surface area contributed by atoms with Crippen LogP contribution in [0.4, 0.5) is 5.82 Å². The number of halogens is 2. The lowest BCUT2D eigenvalue weighted by atomic mass is 9.86. The van der Waals surface area contributed by atoms with Crippen LogP contribution in [0.15, 0.2) is 30.3 Å². The van der Waals surface area contributed by atoms with Gasteiger partial charge in [0.25, 0.3) is 0 Å². The van der Waals surface area contributed by atoms with Crippen molar-refractivity contribution in [3.63, 3.8) is 0 Å². The zero-order valence-corrected chi connectivity index (χ0v) is 19.7. The van der Waals surface area contributed by atoms with Crippen molar-refractivity contribution in [2.75, 3.05) is 18.4 Å². The van der Waals surface area contributed by atoms with Gasteiger partial charge in [-0.2, -0.15) is 0 Å². The summed E-state index contributed by atoms with van der Waals surface area (Å²) in [5.74, 6) is -0.733. The number of rotatable bonds is 9. The number of amides is 1. The van der Waals surface area contributed by atoms with Crippen LogP contribution in [0.5, 0.6) is 0 Å². The number of fused-ring (bicyclic) bond motifs is 1. The van der Waals surface area contributed by atoms with E-state index in [4.69, 9.17) is 28.2 Å². The van der Waals surface area contributed by atoms with E-state index in [0.29, 0.717) is 6.42 Å². The number of aromatic nitrogens is 1. The van der Waals surface area contributed by atoms with Crippen molar-refractivity contribution in [3.05, 3.63) is 57.2 Å². The topological polar surface area (TPSA) is 103 Å². The molecule has 2 atom stereocenters. The number of aliphatic hydroxyl groups is 1. The Morgan fingerprint density at radius 3 is 2.67 bits per heavy atom. The minimum Gasteiger partial charge on any atom is -0.481 e. The Kier molecular flexibility index (Phi) is 7.12. The number of anilines is 1. The largest absolute Gasteiger partial charge is 0.481 e. The van der Waals surface area contributed by atoms with E-state index in [1.54, 1.807) is 0 Å². The SMILES string of the molecule is O=C(O)CC(O)(c1cc(Cl)cc(Cl)c1)N1CC(CCCCc2ccc3c(n2)NCCC3)C1=O. The molecule has 3 heterocycles. The second-order valence-electron chi connectivity index (χ2n) is 8.78. The molecule has 1 saturated heterocycles. The molecule has 2 aliphatic heterocycles. The molecule has 1 aromatic carbocycles. The Bertz CT molecular complexity index is 1040. The van der Waals surface area contributed by atoms with Gasteiger partial charge in [-0.1, -0.05) is 35.7 Å². The van der Waals surface area contributed by atoms with E-state index in [1.807, 2.05) is 0 Å². The first kappa shape index (κ1) is 23.8. The number of aliphatic carboxylic acids is 1. The van der Waals surface area contributed by atoms with Crippen molar-refractivity contribution in [3.8, 4) is 0 Å². The first-order chi connectivity index (χ1) is 15.8. The number of unbranched alkanes of at least 4 members (excludes halogenated alkanes) is 1. The number of likely N-dealkylation sites (tertiary alicyclic amines) is 1. The number of β-lactam (4-membered cyclic amide) rings is 1. The lowest BCUT2D eigenvalue weighted by molar-refractivity contribution is -0.196. The summed E-state index contributed by atoms with van der Waals surface area (Å²) in [6, 6.07) is 8.59. The van der Waals surface area contributed by atoms with Crippen LogP contribution in [0.1, 0.15) is 48.9 Å². The Hall–Kier alpha value is -2.35. The Labute approximate surface area is 202 Å². The third-order valence-corrected chi connectivity index (χ3v) is 6.81. The number of carboxylic acids is 1. The fourth-order valence-corrected chi connectivity index (χ4v) is 5.12. The summed E-state index contributed by atoms with van der Waals surface area (Å²) in [4.78, 5) is 30.2. The first-order valence-corrected chi connectivity index (χ1v) is 12.0. The van der Waals surface area contributed by atoms with E-state index in [2.05, 4.69) is 17.4 Å². The number of carbonyl (C=O) groups excluding carboxylic acids is 1. The average molecular weight is 492 g/mol. The molecule has 2 aromatic rings. The van der Waals surface area contributed by atoms with Crippen LogP contribution in [-0.2, 0) is 28.2 Å². The van der Waals surface area contributed by atoms with E-state index in [1.165, 1.54) is 28.7 Å². The molecule has 0 spiro atoms. The molecule has 1 aromatic heterocycles. The van der Waals surface area contributed by atoms with Crippen molar-refractivity contribution in [1.82, 2.24) is 9.88 Å². The van der Waals surface area contributed by atoms with Crippen LogP contribution in [0.3, 0.4) is 0 Å². The van der Waals surface area contributed by atoms with Gasteiger partial charge in [0.2, 0.25) is 5.91 Å². The highest BCUT2D eigenvalue weighted by molar-refractivity contribution is 6.34. The maximum absolute atomic E-state index is 12.8. The molecule has 33 heavy (non-hydrogen) atoms. The number of nitrogens with one attached hydrogen (secondary N) is 1. The molecule has 4 rings (SSSR count). The van der Waals surface area contributed by atoms with Crippen LogP contribution in [0.2, 0.25) is 10.0 Å². The molecule has 0 saturated carbocycles. The van der Waals surface area contributed by atoms with Crippen molar-refractivity contribution in [2.24, 2.45) is 5.92 Å². The summed E-state index contributed by atoms with van der Waals surface area (Å²) >= 11 is 12.1. The zero-order chi connectivity index (χ0) is 23.6. The molecular weight excluding hydrogens is 465 g/mol. The molecule has 3 N–H and O–H groups in total. The number of nitrogens with zero attached hydrogens (tertiary/aromatic N) is 2. The third-order valence-electron chi connectivity index (χ3n) is 6.37. The normalized spacial score (nSPS) is 19.3. The van der Waals surface area contributed by atoms with Gasteiger partial charge >= 0.3 is 5.97 Å². The first-order valence-electron chi connectivity index (χ1n) is 11.2. The molecule has 0 radical (unpaired) electrons. The van der Waals surface area contributed by atoms with Gasteiger partial charge in [0, 0.05) is 34.4 Å². The number of aryl methyl sites for hydroxylation is 2. The van der Waals surface area contributed by atoms with Crippen LogP contribution in [-0.4, -0.2) is 45.1 Å². The van der Waals surface area contributed by atoms with Gasteiger partial charge in [-0.3, -0.25) is 9.59 Å². The molecule has 0 aliphatic carbocycles. The van der Waals surface area contributed by atoms with Crippen LogP contribution < -0.4 is 5.32 Å². The number of pyridine rings is 1. The van der Waals surface area contributed by atoms with Gasteiger partial charge in [0.1, 0.15) is 5.82 Å². The molecule has 1 amide bonds. The predicted octanol–water partition coefficient (Wildman–Crippen LogP) is 4.24. The Morgan fingerprint density at radius 1 is 1.21 bits per heavy atom. The number of hydrogen-bond donors (Lipinski definition) is 3. The van der Waals surface area contributed by atoms with Gasteiger partial charge in [-0.25, -0.2) is 4.98 Å². The Morgan fingerprint density at radius 2 is 1.97 bits per heavy atom. The molecule has 1 fully saturated rings. The van der Waals surface area contributed by atoms with Gasteiger partial charge < -0.3 is 20.4 Å². The summed E-state index contributed by atoms with van der Waals surface area (Å²) in [5, 5.41) is 24.4. The zero-order valence-electron chi connectivity index (χ0n) is 18.2. The van der Waals surface area contributed by atoms with Crippen molar-refractivity contribution in [1.29, 1.82) is 0 Å². The van der Waals surface area contributed by atoms with E-state index in [9.17, 15) is 19.8 Å². The maximum Gasteiger partial charge on any atom is 0.308 e. The molecule has 7 nitrogen and oxygen atoms in total. The second kappa shape index (κ2) is 9.87. The standard InChI is InChI=1S/C24H27Cl2N3O4/c25-18-10-17(11-19(26)12-18)24(33,13-21(30)31)29-14-16(23(29)32)4-1-2-6-20-8-7-15-5-3-9-27-22(15)28-20/h7-8,10-12,16,33H,1-6,9,13-14H2,(H,27,28)(H,30,31). The smallest absolute Gasteiger partial charge is 0.308 e. The predicted molar refractivity (Wildman–Crippen MR) is 126 cm³/mol. The molecule has 9 heteroatoms. The number of carboxylic acid groups (broad SMARTS) is 1. The van der Waals surface area contributed by atoms with Crippen LogP contribution in [0, 0.1) is 5.92 Å². The molecule has 2 aliphatic rings. The van der Waals surface area contributed by atoms with Crippen molar-refractivity contribution in [2.45, 2.75) is 50.7 Å². The molecule has 176 valence electrons. The van der Waals surface area contributed by atoms with Crippen LogP contribution in [0.25, 0.3) is 0 Å². The average Bonchev–Trinajstić information content (AvgIpc) is 2.76. The quantitative estimate of drug-likeness (QED) is 0.358. The van der Waals surface area contributed by atoms with Crippen molar-refractivity contribution >= 4 is 40.9 Å². The minimum atomic E-state index is -1.99. The Balaban J connectivity index is 1.33. The number of benzene rings is 1.